The molecular formula is C21H26N2O2. The fraction of sp³-hybridized carbons (Fsp3) is 0.524. The first-order chi connectivity index (χ1) is 12.1. The largest absolute Gasteiger partial charge is 0.373 e. The molecule has 2 aromatic rings. The number of hydrogen-bond donors (Lipinski definition) is 0. The van der Waals surface area contributed by atoms with Crippen LogP contribution in [-0.2, 0) is 4.74 Å². The quantitative estimate of drug-likeness (QED) is 0.834. The van der Waals surface area contributed by atoms with Crippen molar-refractivity contribution in [2.75, 3.05) is 19.7 Å². The van der Waals surface area contributed by atoms with E-state index in [1.807, 2.05) is 35.2 Å². The van der Waals surface area contributed by atoms with Gasteiger partial charge in [0.25, 0.3) is 5.91 Å². The van der Waals surface area contributed by atoms with E-state index in [2.05, 4.69) is 18.8 Å². The van der Waals surface area contributed by atoms with Gasteiger partial charge >= 0.3 is 0 Å². The molecule has 2 saturated heterocycles. The fourth-order valence-electron chi connectivity index (χ4n) is 4.25. The van der Waals surface area contributed by atoms with Gasteiger partial charge in [0.2, 0.25) is 0 Å². The average molecular weight is 338 g/mol. The number of ether oxygens (including phenoxy) is 1. The van der Waals surface area contributed by atoms with Crippen LogP contribution in [0.25, 0.3) is 10.9 Å². The van der Waals surface area contributed by atoms with Crippen LogP contribution in [-0.4, -0.2) is 41.1 Å². The molecule has 2 aliphatic rings. The van der Waals surface area contributed by atoms with Crippen molar-refractivity contribution in [3.63, 3.8) is 0 Å². The van der Waals surface area contributed by atoms with Crippen molar-refractivity contribution in [1.82, 2.24) is 9.88 Å². The molecule has 1 spiro atoms. The van der Waals surface area contributed by atoms with Crippen LogP contribution in [0.5, 0.6) is 0 Å². The summed E-state index contributed by atoms with van der Waals surface area (Å²) in [6.07, 6.45) is 4.95. The van der Waals surface area contributed by atoms with Crippen LogP contribution in [0.2, 0.25) is 0 Å². The molecule has 3 heterocycles. The number of carbonyl (C=O) groups is 1. The maximum Gasteiger partial charge on any atom is 0.253 e. The molecule has 0 N–H and O–H groups in total. The highest BCUT2D eigenvalue weighted by Gasteiger charge is 2.45. The molecule has 0 saturated carbocycles. The number of carbonyl (C=O) groups excluding carboxylic acids is 1. The lowest BCUT2D eigenvalue weighted by atomic mass is 9.82. The zero-order chi connectivity index (χ0) is 17.4. The van der Waals surface area contributed by atoms with Crippen LogP contribution in [0.3, 0.4) is 0 Å². The molecular weight excluding hydrogens is 312 g/mol. The van der Waals surface area contributed by atoms with Crippen molar-refractivity contribution in [2.45, 2.75) is 38.7 Å². The molecule has 132 valence electrons. The van der Waals surface area contributed by atoms with Crippen LogP contribution in [0, 0.1) is 11.8 Å². The molecule has 4 nitrogen and oxygen atoms in total. The predicted molar refractivity (Wildman–Crippen MR) is 98.5 cm³/mol. The first kappa shape index (κ1) is 16.5. The Morgan fingerprint density at radius 3 is 3.04 bits per heavy atom. The molecule has 0 bridgehead atoms. The van der Waals surface area contributed by atoms with Crippen LogP contribution >= 0.6 is 0 Å². The van der Waals surface area contributed by atoms with E-state index in [-0.39, 0.29) is 11.5 Å². The second kappa shape index (κ2) is 6.41. The van der Waals surface area contributed by atoms with Gasteiger partial charge in [0.05, 0.1) is 17.7 Å². The van der Waals surface area contributed by atoms with E-state index >= 15 is 0 Å². The molecule has 0 radical (unpaired) electrons. The van der Waals surface area contributed by atoms with Crippen LogP contribution in [0.4, 0.5) is 0 Å². The zero-order valence-electron chi connectivity index (χ0n) is 15.1. The average Bonchev–Trinajstić information content (AvgIpc) is 3.04. The molecule has 25 heavy (non-hydrogen) atoms. The van der Waals surface area contributed by atoms with E-state index in [0.717, 1.165) is 55.4 Å². The standard InChI is InChI=1S/C21H26N2O2/c1-15(2)18-12-21(25-13-18)8-4-10-23(14-21)20(24)17-6-7-19-16(11-17)5-3-9-22-19/h3,5-7,9,11,15,18H,4,8,10,12-14H2,1-2H3. The Labute approximate surface area is 149 Å². The lowest BCUT2D eigenvalue weighted by Gasteiger charge is -2.40. The maximum atomic E-state index is 13.0. The van der Waals surface area contributed by atoms with Gasteiger partial charge in [0, 0.05) is 30.2 Å². The number of likely N-dealkylation sites (tertiary alicyclic amines) is 1. The van der Waals surface area contributed by atoms with E-state index in [4.69, 9.17) is 4.74 Å². The second-order valence-corrected chi connectivity index (χ2v) is 7.94. The van der Waals surface area contributed by atoms with Crippen molar-refractivity contribution in [2.24, 2.45) is 11.8 Å². The van der Waals surface area contributed by atoms with Gasteiger partial charge in [-0.15, -0.1) is 0 Å². The van der Waals surface area contributed by atoms with Gasteiger partial charge in [-0.3, -0.25) is 9.78 Å². The predicted octanol–water partition coefficient (Wildman–Crippen LogP) is 3.90. The molecule has 4 rings (SSSR count). The smallest absolute Gasteiger partial charge is 0.253 e. The minimum Gasteiger partial charge on any atom is -0.373 e. The summed E-state index contributed by atoms with van der Waals surface area (Å²) in [6.45, 7) is 6.91. The highest BCUT2D eigenvalue weighted by Crippen LogP contribution is 2.40. The topological polar surface area (TPSA) is 42.4 Å². The number of nitrogens with zero attached hydrogens (tertiary/aromatic N) is 2. The van der Waals surface area contributed by atoms with Gasteiger partial charge < -0.3 is 9.64 Å². The monoisotopic (exact) mass is 338 g/mol. The summed E-state index contributed by atoms with van der Waals surface area (Å²) in [4.78, 5) is 19.4. The van der Waals surface area contributed by atoms with Gasteiger partial charge in [0.1, 0.15) is 0 Å². The Balaban J connectivity index is 1.53. The number of piperidine rings is 1. The SMILES string of the molecule is CC(C)C1COC2(CCCN(C(=O)c3ccc4ncccc4c3)C2)C1. The summed E-state index contributed by atoms with van der Waals surface area (Å²) in [7, 11) is 0. The minimum atomic E-state index is -0.124. The number of benzene rings is 1. The molecule has 4 heteroatoms. The van der Waals surface area contributed by atoms with Crippen LogP contribution in [0.1, 0.15) is 43.5 Å². The zero-order valence-corrected chi connectivity index (χ0v) is 15.1. The Hall–Kier alpha value is -1.94. The first-order valence-electron chi connectivity index (χ1n) is 9.34. The third-order valence-electron chi connectivity index (χ3n) is 5.86. The van der Waals surface area contributed by atoms with Crippen molar-refractivity contribution < 1.29 is 9.53 Å². The minimum absolute atomic E-state index is 0.112. The molecule has 1 aromatic carbocycles. The molecule has 2 aliphatic heterocycles. The van der Waals surface area contributed by atoms with E-state index in [1.54, 1.807) is 6.20 Å². The summed E-state index contributed by atoms with van der Waals surface area (Å²) < 4.78 is 6.24. The van der Waals surface area contributed by atoms with Gasteiger partial charge in [-0.05, 0) is 55.4 Å². The number of pyridine rings is 1. The summed E-state index contributed by atoms with van der Waals surface area (Å²) in [5.41, 5.74) is 1.55. The van der Waals surface area contributed by atoms with Gasteiger partial charge in [0.15, 0.2) is 0 Å². The third kappa shape index (κ3) is 3.15. The van der Waals surface area contributed by atoms with E-state index in [1.165, 1.54) is 0 Å². The highest BCUT2D eigenvalue weighted by atomic mass is 16.5. The highest BCUT2D eigenvalue weighted by molar-refractivity contribution is 5.98. The van der Waals surface area contributed by atoms with E-state index in [9.17, 15) is 4.79 Å². The second-order valence-electron chi connectivity index (χ2n) is 7.94. The molecule has 2 atom stereocenters. The lowest BCUT2D eigenvalue weighted by molar-refractivity contribution is -0.0451. The van der Waals surface area contributed by atoms with Gasteiger partial charge in [-0.2, -0.15) is 0 Å². The molecule has 2 fully saturated rings. The Morgan fingerprint density at radius 1 is 1.36 bits per heavy atom. The number of fused-ring (bicyclic) bond motifs is 1. The number of hydrogen-bond acceptors (Lipinski definition) is 3. The molecule has 1 amide bonds. The summed E-state index contributed by atoms with van der Waals surface area (Å²) >= 11 is 0. The van der Waals surface area contributed by atoms with Crippen molar-refractivity contribution >= 4 is 16.8 Å². The number of aromatic nitrogens is 1. The van der Waals surface area contributed by atoms with Crippen molar-refractivity contribution in [3.8, 4) is 0 Å². The van der Waals surface area contributed by atoms with Crippen LogP contribution < -0.4 is 0 Å². The summed E-state index contributed by atoms with van der Waals surface area (Å²) in [5.74, 6) is 1.36. The Bertz CT molecular complexity index is 788. The molecule has 2 unspecified atom stereocenters. The summed E-state index contributed by atoms with van der Waals surface area (Å²) in [6, 6.07) is 9.70. The van der Waals surface area contributed by atoms with Gasteiger partial charge in [-0.1, -0.05) is 19.9 Å². The molecule has 1 aromatic heterocycles. The number of rotatable bonds is 2. The lowest BCUT2D eigenvalue weighted by Crippen LogP contribution is -2.50. The normalized spacial score (nSPS) is 26.7. The maximum absolute atomic E-state index is 13.0. The third-order valence-corrected chi connectivity index (χ3v) is 5.86. The first-order valence-corrected chi connectivity index (χ1v) is 9.34. The van der Waals surface area contributed by atoms with Crippen LogP contribution in [0.15, 0.2) is 36.5 Å². The Kier molecular flexibility index (Phi) is 4.24. The number of amides is 1. The van der Waals surface area contributed by atoms with E-state index in [0.29, 0.717) is 11.8 Å². The van der Waals surface area contributed by atoms with E-state index < -0.39 is 0 Å². The van der Waals surface area contributed by atoms with Crippen molar-refractivity contribution in [3.05, 3.63) is 42.1 Å². The molecule has 0 aliphatic carbocycles. The van der Waals surface area contributed by atoms with Gasteiger partial charge in [-0.25, -0.2) is 0 Å². The van der Waals surface area contributed by atoms with Crippen molar-refractivity contribution in [1.29, 1.82) is 0 Å². The summed E-state index contributed by atoms with van der Waals surface area (Å²) in [5, 5.41) is 1.01. The Morgan fingerprint density at radius 2 is 2.24 bits per heavy atom. The fourth-order valence-corrected chi connectivity index (χ4v) is 4.25.